The lowest BCUT2D eigenvalue weighted by Crippen LogP contribution is -2.16. The van der Waals surface area contributed by atoms with E-state index in [-0.39, 0.29) is 0 Å². The molecule has 0 unspecified atom stereocenters. The van der Waals surface area contributed by atoms with Gasteiger partial charge in [-0.3, -0.25) is 4.98 Å². The van der Waals surface area contributed by atoms with Crippen molar-refractivity contribution in [2.45, 2.75) is 11.3 Å². The molecule has 3 aromatic rings. The third-order valence-corrected chi connectivity index (χ3v) is 4.66. The molecule has 0 aliphatic carbocycles. The van der Waals surface area contributed by atoms with Crippen LogP contribution in [0.1, 0.15) is 0 Å². The second-order valence-corrected chi connectivity index (χ2v) is 7.19. The zero-order valence-electron chi connectivity index (χ0n) is 13.9. The molecule has 0 saturated heterocycles. The summed E-state index contributed by atoms with van der Waals surface area (Å²) < 4.78 is 77.6. The summed E-state index contributed by atoms with van der Waals surface area (Å²) in [6.07, 6.45) is -3.34. The summed E-state index contributed by atoms with van der Waals surface area (Å²) in [5.74, 6) is -1.42. The predicted molar refractivity (Wildman–Crippen MR) is 93.1 cm³/mol. The van der Waals surface area contributed by atoms with Crippen molar-refractivity contribution in [1.29, 1.82) is 0 Å². The molecule has 0 spiro atoms. The van der Waals surface area contributed by atoms with Crippen LogP contribution in [0.15, 0.2) is 65.7 Å². The predicted octanol–water partition coefficient (Wildman–Crippen LogP) is 4.10. The highest BCUT2D eigenvalue weighted by Crippen LogP contribution is 2.33. The van der Waals surface area contributed by atoms with Gasteiger partial charge < -0.3 is 4.74 Å². The molecule has 0 saturated carbocycles. The standard InChI is InChI=1S/C18H12F4N2O3S/c19-15-10-12(5-8-16(15)28(23,25)26)14-2-1-9-24-17(14)11-3-6-13(7-4-11)27-18(20,21)22/h1-10H,(H2,23,25,26). The summed E-state index contributed by atoms with van der Waals surface area (Å²) in [7, 11) is -4.21. The van der Waals surface area contributed by atoms with Crippen molar-refractivity contribution in [3.8, 4) is 28.1 Å². The van der Waals surface area contributed by atoms with Gasteiger partial charge in [0.2, 0.25) is 10.0 Å². The molecule has 2 N–H and O–H groups in total. The molecular weight excluding hydrogens is 400 g/mol. The summed E-state index contributed by atoms with van der Waals surface area (Å²) in [6.45, 7) is 0. The van der Waals surface area contributed by atoms with Gasteiger partial charge in [0.1, 0.15) is 16.5 Å². The van der Waals surface area contributed by atoms with Crippen LogP contribution >= 0.6 is 0 Å². The fourth-order valence-corrected chi connectivity index (χ4v) is 3.17. The summed E-state index contributed by atoms with van der Waals surface area (Å²) in [5.41, 5.74) is 1.60. The number of primary sulfonamides is 1. The fourth-order valence-electron chi connectivity index (χ4n) is 2.58. The molecule has 1 heterocycles. The number of nitrogens with zero attached hydrogens (tertiary/aromatic N) is 1. The lowest BCUT2D eigenvalue weighted by Gasteiger charge is -2.12. The maximum Gasteiger partial charge on any atom is 0.573 e. The van der Waals surface area contributed by atoms with Crippen LogP contribution in [-0.4, -0.2) is 19.8 Å². The smallest absolute Gasteiger partial charge is 0.406 e. The molecule has 28 heavy (non-hydrogen) atoms. The minimum atomic E-state index is -4.81. The average Bonchev–Trinajstić information content (AvgIpc) is 2.60. The van der Waals surface area contributed by atoms with Crippen LogP contribution in [0.25, 0.3) is 22.4 Å². The van der Waals surface area contributed by atoms with Crippen molar-refractivity contribution in [3.63, 3.8) is 0 Å². The highest BCUT2D eigenvalue weighted by atomic mass is 32.2. The van der Waals surface area contributed by atoms with E-state index in [2.05, 4.69) is 9.72 Å². The third-order valence-electron chi connectivity index (χ3n) is 3.72. The molecule has 0 bridgehead atoms. The van der Waals surface area contributed by atoms with Gasteiger partial charge in [-0.2, -0.15) is 0 Å². The first-order chi connectivity index (χ1) is 13.0. The fraction of sp³-hybridized carbons (Fsp3) is 0.0556. The van der Waals surface area contributed by atoms with E-state index in [0.29, 0.717) is 22.4 Å². The van der Waals surface area contributed by atoms with Gasteiger partial charge in [-0.25, -0.2) is 17.9 Å². The van der Waals surface area contributed by atoms with Crippen LogP contribution in [-0.2, 0) is 10.0 Å². The minimum Gasteiger partial charge on any atom is -0.406 e. The van der Waals surface area contributed by atoms with E-state index in [1.54, 1.807) is 12.1 Å². The number of halogens is 4. The molecule has 2 aromatic carbocycles. The van der Waals surface area contributed by atoms with Crippen molar-refractivity contribution in [2.24, 2.45) is 5.14 Å². The van der Waals surface area contributed by atoms with Gasteiger partial charge in [-0.05, 0) is 48.0 Å². The van der Waals surface area contributed by atoms with E-state index in [0.717, 1.165) is 24.3 Å². The Morgan fingerprint density at radius 1 is 0.964 bits per heavy atom. The van der Waals surface area contributed by atoms with E-state index in [4.69, 9.17) is 5.14 Å². The molecule has 0 aliphatic heterocycles. The van der Waals surface area contributed by atoms with Gasteiger partial charge in [0, 0.05) is 17.3 Å². The average molecular weight is 412 g/mol. The van der Waals surface area contributed by atoms with E-state index < -0.39 is 32.8 Å². The van der Waals surface area contributed by atoms with Gasteiger partial charge in [0.15, 0.2) is 0 Å². The largest absolute Gasteiger partial charge is 0.573 e. The second-order valence-electron chi connectivity index (χ2n) is 5.66. The molecule has 146 valence electrons. The number of benzene rings is 2. The Kier molecular flexibility index (Phi) is 5.09. The molecule has 0 atom stereocenters. The molecule has 5 nitrogen and oxygen atoms in total. The number of pyridine rings is 1. The first-order valence-electron chi connectivity index (χ1n) is 7.68. The first kappa shape index (κ1) is 19.8. The number of ether oxygens (including phenoxy) is 1. The van der Waals surface area contributed by atoms with E-state index in [9.17, 15) is 26.0 Å². The highest BCUT2D eigenvalue weighted by Gasteiger charge is 2.31. The normalized spacial score (nSPS) is 12.0. The topological polar surface area (TPSA) is 82.3 Å². The van der Waals surface area contributed by atoms with Gasteiger partial charge in [0.05, 0.1) is 5.69 Å². The lowest BCUT2D eigenvalue weighted by molar-refractivity contribution is -0.274. The molecule has 1 aromatic heterocycles. The summed E-state index contributed by atoms with van der Waals surface area (Å²) in [4.78, 5) is 3.56. The Morgan fingerprint density at radius 2 is 1.61 bits per heavy atom. The van der Waals surface area contributed by atoms with Crippen LogP contribution in [0.2, 0.25) is 0 Å². The molecule has 3 rings (SSSR count). The van der Waals surface area contributed by atoms with Gasteiger partial charge in [0.25, 0.3) is 0 Å². The number of hydrogen-bond acceptors (Lipinski definition) is 4. The molecule has 0 fully saturated rings. The Hall–Kier alpha value is -2.98. The van der Waals surface area contributed by atoms with Gasteiger partial charge in [-0.1, -0.05) is 12.1 Å². The molecule has 0 amide bonds. The Labute approximate surface area is 157 Å². The number of sulfonamides is 1. The zero-order chi connectivity index (χ0) is 20.5. The van der Waals surface area contributed by atoms with E-state index in [1.165, 1.54) is 24.4 Å². The summed E-state index contributed by atoms with van der Waals surface area (Å²) in [5, 5.41) is 4.95. The van der Waals surface area contributed by atoms with Crippen LogP contribution in [0, 0.1) is 5.82 Å². The molecule has 0 aliphatic rings. The first-order valence-corrected chi connectivity index (χ1v) is 9.23. The number of nitrogens with two attached hydrogens (primary N) is 1. The van der Waals surface area contributed by atoms with Crippen molar-refractivity contribution in [1.82, 2.24) is 4.98 Å². The minimum absolute atomic E-state index is 0.323. The maximum absolute atomic E-state index is 14.2. The number of aromatic nitrogens is 1. The van der Waals surface area contributed by atoms with E-state index in [1.807, 2.05) is 0 Å². The third kappa shape index (κ3) is 4.46. The van der Waals surface area contributed by atoms with Gasteiger partial charge in [-0.15, -0.1) is 13.2 Å². The number of alkyl halides is 3. The molecule has 10 heteroatoms. The Bertz CT molecular complexity index is 1110. The monoisotopic (exact) mass is 412 g/mol. The summed E-state index contributed by atoms with van der Waals surface area (Å²) in [6, 6.07) is 11.6. The van der Waals surface area contributed by atoms with E-state index >= 15 is 0 Å². The van der Waals surface area contributed by atoms with Crippen LogP contribution in [0.5, 0.6) is 5.75 Å². The highest BCUT2D eigenvalue weighted by molar-refractivity contribution is 7.89. The Morgan fingerprint density at radius 3 is 2.18 bits per heavy atom. The second kappa shape index (κ2) is 7.21. The quantitative estimate of drug-likeness (QED) is 0.654. The van der Waals surface area contributed by atoms with Crippen molar-refractivity contribution >= 4 is 10.0 Å². The van der Waals surface area contributed by atoms with Crippen molar-refractivity contribution in [2.75, 3.05) is 0 Å². The summed E-state index contributed by atoms with van der Waals surface area (Å²) >= 11 is 0. The van der Waals surface area contributed by atoms with Crippen LogP contribution in [0.4, 0.5) is 17.6 Å². The van der Waals surface area contributed by atoms with Crippen molar-refractivity contribution < 1.29 is 30.7 Å². The van der Waals surface area contributed by atoms with Crippen molar-refractivity contribution in [3.05, 3.63) is 66.6 Å². The van der Waals surface area contributed by atoms with Gasteiger partial charge >= 0.3 is 6.36 Å². The van der Waals surface area contributed by atoms with Crippen LogP contribution in [0.3, 0.4) is 0 Å². The molecule has 0 radical (unpaired) electrons. The Balaban J connectivity index is 2.02. The number of hydrogen-bond donors (Lipinski definition) is 1. The molecular formula is C18H12F4N2O3S. The number of rotatable bonds is 4. The SMILES string of the molecule is NS(=O)(=O)c1ccc(-c2cccnc2-c2ccc(OC(F)(F)F)cc2)cc1F. The lowest BCUT2D eigenvalue weighted by atomic mass is 9.99. The zero-order valence-corrected chi connectivity index (χ0v) is 14.8. The van der Waals surface area contributed by atoms with Crippen LogP contribution < -0.4 is 9.88 Å². The maximum atomic E-state index is 14.2.